The fraction of sp³-hybridized carbons (Fsp3) is 0.583. The first-order valence-corrected chi connectivity index (χ1v) is 6.01. The van der Waals surface area contributed by atoms with Gasteiger partial charge in [-0.1, -0.05) is 0 Å². The zero-order valence-electron chi connectivity index (χ0n) is 10.3. The molecular weight excluding hydrogens is 243 g/mol. The summed E-state index contributed by atoms with van der Waals surface area (Å²) in [5.41, 5.74) is 1.72. The van der Waals surface area contributed by atoms with E-state index in [9.17, 15) is 13.2 Å². The van der Waals surface area contributed by atoms with E-state index in [1.54, 1.807) is 12.4 Å². The summed E-state index contributed by atoms with van der Waals surface area (Å²) in [4.78, 5) is 4.04. The van der Waals surface area contributed by atoms with Gasteiger partial charge >= 0.3 is 6.18 Å². The topological polar surface area (TPSA) is 37.0 Å². The number of rotatable bonds is 7. The third kappa shape index (κ3) is 6.32. The molecule has 6 heteroatoms. The van der Waals surface area contributed by atoms with E-state index in [0.29, 0.717) is 13.0 Å². The molecule has 1 heterocycles. The predicted octanol–water partition coefficient (Wildman–Crippen LogP) is 3.66. The highest BCUT2D eigenvalue weighted by Gasteiger charge is 2.25. The number of nitrogens with zero attached hydrogens (tertiary/aromatic N) is 1. The number of halogens is 3. The molecule has 2 N–H and O–H groups in total. The van der Waals surface area contributed by atoms with Crippen LogP contribution in [0.3, 0.4) is 0 Å². The smallest absolute Gasteiger partial charge is 0.384 e. The van der Waals surface area contributed by atoms with Gasteiger partial charge < -0.3 is 10.6 Å². The molecule has 1 aromatic rings. The molecule has 0 saturated carbocycles. The van der Waals surface area contributed by atoms with Gasteiger partial charge in [-0.3, -0.25) is 4.98 Å². The number of hydrogen-bond acceptors (Lipinski definition) is 3. The van der Waals surface area contributed by atoms with Crippen LogP contribution in [-0.2, 0) is 0 Å². The lowest BCUT2D eigenvalue weighted by molar-refractivity contribution is -0.135. The number of hydrogen-bond donors (Lipinski definition) is 2. The van der Waals surface area contributed by atoms with Crippen molar-refractivity contribution in [3.63, 3.8) is 0 Å². The Hall–Kier alpha value is -1.46. The van der Waals surface area contributed by atoms with Crippen molar-refractivity contribution in [1.82, 2.24) is 4.98 Å². The van der Waals surface area contributed by atoms with Gasteiger partial charge in [0.05, 0.1) is 23.8 Å². The van der Waals surface area contributed by atoms with Gasteiger partial charge in [0, 0.05) is 19.5 Å². The average Bonchev–Trinajstić information content (AvgIpc) is 2.28. The van der Waals surface area contributed by atoms with Crippen LogP contribution >= 0.6 is 0 Å². The van der Waals surface area contributed by atoms with E-state index in [1.807, 2.05) is 13.0 Å². The lowest BCUT2D eigenvalue weighted by Gasteiger charge is -2.09. The Kier molecular flexibility index (Phi) is 5.74. The number of anilines is 2. The number of unbranched alkanes of at least 4 members (excludes halogenated alkanes) is 1. The standard InChI is InChI=1S/C12H18F3N3/c1-2-17-10-7-11(9-16-8-10)18-6-4-3-5-12(13,14)15/h7-9,17-18H,2-6H2,1H3. The molecule has 0 unspecified atom stereocenters. The first kappa shape index (κ1) is 14.6. The molecule has 0 atom stereocenters. The van der Waals surface area contributed by atoms with E-state index in [4.69, 9.17) is 0 Å². The number of alkyl halides is 3. The van der Waals surface area contributed by atoms with Crippen LogP contribution in [-0.4, -0.2) is 24.2 Å². The molecule has 18 heavy (non-hydrogen) atoms. The van der Waals surface area contributed by atoms with Gasteiger partial charge in [0.2, 0.25) is 0 Å². The van der Waals surface area contributed by atoms with Gasteiger partial charge in [0.25, 0.3) is 0 Å². The quantitative estimate of drug-likeness (QED) is 0.735. The van der Waals surface area contributed by atoms with Crippen LogP contribution in [0, 0.1) is 0 Å². The Balaban J connectivity index is 2.24. The minimum absolute atomic E-state index is 0.150. The van der Waals surface area contributed by atoms with Crippen molar-refractivity contribution < 1.29 is 13.2 Å². The summed E-state index contributed by atoms with van der Waals surface area (Å²) < 4.78 is 35.7. The molecule has 0 radical (unpaired) electrons. The van der Waals surface area contributed by atoms with Crippen molar-refractivity contribution in [3.05, 3.63) is 18.5 Å². The molecule has 0 fully saturated rings. The lowest BCUT2D eigenvalue weighted by Crippen LogP contribution is -2.09. The molecule has 0 aliphatic heterocycles. The fourth-order valence-electron chi connectivity index (χ4n) is 1.52. The van der Waals surface area contributed by atoms with Crippen LogP contribution in [0.2, 0.25) is 0 Å². The molecule has 0 aliphatic carbocycles. The van der Waals surface area contributed by atoms with Gasteiger partial charge in [-0.15, -0.1) is 0 Å². The maximum atomic E-state index is 11.9. The van der Waals surface area contributed by atoms with Crippen molar-refractivity contribution >= 4 is 11.4 Å². The molecule has 0 saturated heterocycles. The van der Waals surface area contributed by atoms with Crippen molar-refractivity contribution in [2.24, 2.45) is 0 Å². The Morgan fingerprint density at radius 2 is 1.78 bits per heavy atom. The summed E-state index contributed by atoms with van der Waals surface area (Å²) in [6.45, 7) is 3.31. The summed E-state index contributed by atoms with van der Waals surface area (Å²) >= 11 is 0. The normalized spacial score (nSPS) is 11.3. The van der Waals surface area contributed by atoms with E-state index in [-0.39, 0.29) is 6.42 Å². The van der Waals surface area contributed by atoms with Crippen LogP contribution in [0.4, 0.5) is 24.5 Å². The zero-order chi connectivity index (χ0) is 13.4. The number of aromatic nitrogens is 1. The number of nitrogens with one attached hydrogen (secondary N) is 2. The SMILES string of the molecule is CCNc1cncc(NCCCCC(F)(F)F)c1. The predicted molar refractivity (Wildman–Crippen MR) is 66.8 cm³/mol. The van der Waals surface area contributed by atoms with Crippen molar-refractivity contribution in [3.8, 4) is 0 Å². The average molecular weight is 261 g/mol. The van der Waals surface area contributed by atoms with Crippen molar-refractivity contribution in [1.29, 1.82) is 0 Å². The van der Waals surface area contributed by atoms with Gasteiger partial charge in [0.1, 0.15) is 0 Å². The molecule has 0 aromatic carbocycles. The second-order valence-electron chi connectivity index (χ2n) is 3.99. The zero-order valence-corrected chi connectivity index (χ0v) is 10.3. The number of pyridine rings is 1. The Labute approximate surface area is 105 Å². The highest BCUT2D eigenvalue weighted by molar-refractivity contribution is 5.53. The van der Waals surface area contributed by atoms with Crippen molar-refractivity contribution in [2.45, 2.75) is 32.4 Å². The molecule has 1 rings (SSSR count). The minimum atomic E-state index is -4.05. The maximum Gasteiger partial charge on any atom is 0.389 e. The van der Waals surface area contributed by atoms with Crippen LogP contribution in [0.5, 0.6) is 0 Å². The van der Waals surface area contributed by atoms with Gasteiger partial charge in [0.15, 0.2) is 0 Å². The largest absolute Gasteiger partial charge is 0.389 e. The maximum absolute atomic E-state index is 11.9. The van der Waals surface area contributed by atoms with E-state index < -0.39 is 12.6 Å². The summed E-state index contributed by atoms with van der Waals surface area (Å²) in [7, 11) is 0. The summed E-state index contributed by atoms with van der Waals surface area (Å²) in [6, 6.07) is 1.89. The van der Waals surface area contributed by atoms with Crippen LogP contribution < -0.4 is 10.6 Å². The van der Waals surface area contributed by atoms with Gasteiger partial charge in [-0.2, -0.15) is 13.2 Å². The second-order valence-corrected chi connectivity index (χ2v) is 3.99. The monoisotopic (exact) mass is 261 g/mol. The summed E-state index contributed by atoms with van der Waals surface area (Å²) in [6.07, 6.45) is -0.762. The van der Waals surface area contributed by atoms with Gasteiger partial charge in [-0.25, -0.2) is 0 Å². The molecule has 0 amide bonds. The van der Waals surface area contributed by atoms with Crippen molar-refractivity contribution in [2.75, 3.05) is 23.7 Å². The van der Waals surface area contributed by atoms with E-state index in [2.05, 4.69) is 15.6 Å². The van der Waals surface area contributed by atoms with E-state index in [0.717, 1.165) is 17.9 Å². The van der Waals surface area contributed by atoms with Gasteiger partial charge in [-0.05, 0) is 25.8 Å². The molecule has 1 aromatic heterocycles. The molecule has 0 spiro atoms. The first-order chi connectivity index (χ1) is 8.51. The Morgan fingerprint density at radius 3 is 2.39 bits per heavy atom. The van der Waals surface area contributed by atoms with E-state index >= 15 is 0 Å². The summed E-state index contributed by atoms with van der Waals surface area (Å²) in [5, 5.41) is 6.18. The highest BCUT2D eigenvalue weighted by atomic mass is 19.4. The lowest BCUT2D eigenvalue weighted by atomic mass is 10.2. The summed E-state index contributed by atoms with van der Waals surface area (Å²) in [5.74, 6) is 0. The Bertz CT molecular complexity index is 353. The second kappa shape index (κ2) is 7.08. The molecule has 3 nitrogen and oxygen atoms in total. The molecule has 102 valence electrons. The van der Waals surface area contributed by atoms with Crippen LogP contribution in [0.1, 0.15) is 26.2 Å². The highest BCUT2D eigenvalue weighted by Crippen LogP contribution is 2.22. The fourth-order valence-corrected chi connectivity index (χ4v) is 1.52. The van der Waals surface area contributed by atoms with Crippen LogP contribution in [0.25, 0.3) is 0 Å². The first-order valence-electron chi connectivity index (χ1n) is 6.01. The van der Waals surface area contributed by atoms with Crippen LogP contribution in [0.15, 0.2) is 18.5 Å². The Morgan fingerprint density at radius 1 is 1.11 bits per heavy atom. The third-order valence-corrected chi connectivity index (χ3v) is 2.34. The van der Waals surface area contributed by atoms with E-state index in [1.165, 1.54) is 0 Å². The minimum Gasteiger partial charge on any atom is -0.384 e. The molecule has 0 aliphatic rings. The molecule has 0 bridgehead atoms. The molecular formula is C12H18F3N3. The third-order valence-electron chi connectivity index (χ3n) is 2.34.